The van der Waals surface area contributed by atoms with Gasteiger partial charge in [-0.25, -0.2) is 0 Å². The molecular formula is C15H21BrO2. The molecule has 3 heteroatoms. The molecule has 100 valence electrons. The molecule has 1 aromatic rings. The van der Waals surface area contributed by atoms with E-state index >= 15 is 0 Å². The van der Waals surface area contributed by atoms with E-state index in [1.807, 2.05) is 0 Å². The zero-order valence-electron chi connectivity index (χ0n) is 11.7. The predicted octanol–water partition coefficient (Wildman–Crippen LogP) is 3.98. The predicted molar refractivity (Wildman–Crippen MR) is 77.2 cm³/mol. The maximum absolute atomic E-state index is 10.3. The number of benzene rings is 1. The normalized spacial score (nSPS) is 23.1. The maximum atomic E-state index is 10.3. The second kappa shape index (κ2) is 4.53. The second-order valence-corrected chi connectivity index (χ2v) is 7.01. The van der Waals surface area contributed by atoms with Crippen molar-refractivity contribution in [1.29, 1.82) is 0 Å². The lowest BCUT2D eigenvalue weighted by molar-refractivity contribution is 0.132. The van der Waals surface area contributed by atoms with Crippen LogP contribution in [0.3, 0.4) is 0 Å². The van der Waals surface area contributed by atoms with Crippen LogP contribution in [-0.2, 0) is 11.8 Å². The molecule has 0 aromatic heterocycles. The molecule has 2 rings (SSSR count). The molecule has 1 aromatic carbocycles. The molecule has 1 aliphatic rings. The fourth-order valence-electron chi connectivity index (χ4n) is 2.66. The number of rotatable bonds is 1. The van der Waals surface area contributed by atoms with E-state index in [0.29, 0.717) is 0 Å². The van der Waals surface area contributed by atoms with Crippen LogP contribution in [0.2, 0.25) is 0 Å². The summed E-state index contributed by atoms with van der Waals surface area (Å²) in [6.07, 6.45) is 0.543. The van der Waals surface area contributed by atoms with Gasteiger partial charge in [-0.2, -0.15) is 0 Å². The Labute approximate surface area is 117 Å². The number of aliphatic hydroxyl groups excluding tert-OH is 1. The first-order valence-corrected chi connectivity index (χ1v) is 7.14. The number of hydrogen-bond acceptors (Lipinski definition) is 2. The van der Waals surface area contributed by atoms with E-state index in [1.165, 1.54) is 5.56 Å². The van der Waals surface area contributed by atoms with Gasteiger partial charge in [0.2, 0.25) is 0 Å². The smallest absolute Gasteiger partial charge is 0.137 e. The van der Waals surface area contributed by atoms with Crippen molar-refractivity contribution in [3.63, 3.8) is 0 Å². The number of halogens is 1. The highest BCUT2D eigenvalue weighted by Crippen LogP contribution is 2.47. The number of aliphatic hydroxyl groups is 1. The average molecular weight is 313 g/mol. The van der Waals surface area contributed by atoms with E-state index < -0.39 is 0 Å². The molecule has 0 heterocycles. The van der Waals surface area contributed by atoms with Gasteiger partial charge >= 0.3 is 0 Å². The molecule has 0 saturated carbocycles. The summed E-state index contributed by atoms with van der Waals surface area (Å²) < 4.78 is 6.58. The minimum atomic E-state index is -0.358. The molecule has 0 fully saturated rings. The Balaban J connectivity index is 2.69. The summed E-state index contributed by atoms with van der Waals surface area (Å²) in [5, 5.41) is 10.3. The highest BCUT2D eigenvalue weighted by atomic mass is 79.9. The number of fused-ring (bicyclic) bond motifs is 1. The molecule has 1 aliphatic carbocycles. The Hall–Kier alpha value is -0.540. The van der Waals surface area contributed by atoms with Crippen molar-refractivity contribution in [2.45, 2.75) is 45.6 Å². The molecular weight excluding hydrogens is 292 g/mol. The third-order valence-electron chi connectivity index (χ3n) is 3.75. The molecule has 0 saturated heterocycles. The average Bonchev–Trinajstić information content (AvgIpc) is 2.55. The Morgan fingerprint density at radius 2 is 2.00 bits per heavy atom. The van der Waals surface area contributed by atoms with Crippen molar-refractivity contribution in [1.82, 2.24) is 0 Å². The lowest BCUT2D eigenvalue weighted by Gasteiger charge is -2.25. The van der Waals surface area contributed by atoms with Gasteiger partial charge in [-0.3, -0.25) is 0 Å². The maximum Gasteiger partial charge on any atom is 0.137 e. The summed E-state index contributed by atoms with van der Waals surface area (Å²) >= 11 is 3.65. The second-order valence-electron chi connectivity index (χ2n) is 6.22. The summed E-state index contributed by atoms with van der Waals surface area (Å²) in [6, 6.07) is 2.12. The van der Waals surface area contributed by atoms with Gasteiger partial charge in [0.15, 0.2) is 0 Å². The molecule has 2 nitrogen and oxygen atoms in total. The van der Waals surface area contributed by atoms with Crippen molar-refractivity contribution >= 4 is 15.9 Å². The molecule has 0 aliphatic heterocycles. The number of methoxy groups -OCH3 is 1. The molecule has 1 N–H and O–H groups in total. The minimum Gasteiger partial charge on any atom is -0.495 e. The monoisotopic (exact) mass is 312 g/mol. The van der Waals surface area contributed by atoms with Crippen LogP contribution in [0.5, 0.6) is 5.75 Å². The summed E-state index contributed by atoms with van der Waals surface area (Å²) in [6.45, 7) is 8.57. The molecule has 2 atom stereocenters. The highest BCUT2D eigenvalue weighted by Gasteiger charge is 2.33. The van der Waals surface area contributed by atoms with Crippen molar-refractivity contribution < 1.29 is 9.84 Å². The third kappa shape index (κ3) is 2.08. The summed E-state index contributed by atoms with van der Waals surface area (Å²) in [7, 11) is 1.70. The van der Waals surface area contributed by atoms with E-state index in [4.69, 9.17) is 4.74 Å². The van der Waals surface area contributed by atoms with Crippen LogP contribution in [0, 0.1) is 5.92 Å². The van der Waals surface area contributed by atoms with Gasteiger partial charge < -0.3 is 9.84 Å². The van der Waals surface area contributed by atoms with Crippen LogP contribution in [-0.4, -0.2) is 12.2 Å². The molecule has 0 amide bonds. The van der Waals surface area contributed by atoms with Crippen LogP contribution >= 0.6 is 15.9 Å². The van der Waals surface area contributed by atoms with Gasteiger partial charge in [-0.15, -0.1) is 0 Å². The molecule has 0 bridgehead atoms. The minimum absolute atomic E-state index is 0.00551. The Kier molecular flexibility index (Phi) is 3.50. The molecule has 0 spiro atoms. The number of hydrogen-bond donors (Lipinski definition) is 1. The van der Waals surface area contributed by atoms with Gasteiger partial charge in [-0.1, -0.05) is 27.7 Å². The van der Waals surface area contributed by atoms with E-state index in [-0.39, 0.29) is 17.4 Å². The fourth-order valence-corrected chi connectivity index (χ4v) is 3.42. The summed E-state index contributed by atoms with van der Waals surface area (Å²) in [4.78, 5) is 0. The van der Waals surface area contributed by atoms with E-state index in [0.717, 1.165) is 27.8 Å². The Bertz CT molecular complexity index is 474. The zero-order valence-corrected chi connectivity index (χ0v) is 13.3. The highest BCUT2D eigenvalue weighted by molar-refractivity contribution is 9.10. The van der Waals surface area contributed by atoms with Crippen molar-refractivity contribution in [3.8, 4) is 5.75 Å². The first kappa shape index (κ1) is 13.9. The molecule has 2 unspecified atom stereocenters. The summed E-state index contributed by atoms with van der Waals surface area (Å²) in [5.74, 6) is 1.18. The van der Waals surface area contributed by atoms with E-state index in [1.54, 1.807) is 7.11 Å². The van der Waals surface area contributed by atoms with Gasteiger partial charge in [0.25, 0.3) is 0 Å². The SMILES string of the molecule is COc1c(C(C)(C)C)cc2c(c1Br)CC(C)C2O. The van der Waals surface area contributed by atoms with Crippen LogP contribution in [0.4, 0.5) is 0 Å². The first-order chi connectivity index (χ1) is 8.27. The third-order valence-corrected chi connectivity index (χ3v) is 4.59. The van der Waals surface area contributed by atoms with Gasteiger partial charge in [0.1, 0.15) is 5.75 Å². The molecule has 18 heavy (non-hydrogen) atoms. The van der Waals surface area contributed by atoms with E-state index in [2.05, 4.69) is 49.7 Å². The standard InChI is InChI=1S/C15H21BrO2/c1-8-6-9-10(13(8)17)7-11(15(2,3)4)14(18-5)12(9)16/h7-8,13,17H,6H2,1-5H3. The fraction of sp³-hybridized carbons (Fsp3) is 0.600. The van der Waals surface area contributed by atoms with Gasteiger partial charge in [0.05, 0.1) is 17.7 Å². The van der Waals surface area contributed by atoms with Crippen LogP contribution in [0.15, 0.2) is 10.5 Å². The van der Waals surface area contributed by atoms with Crippen LogP contribution in [0.25, 0.3) is 0 Å². The van der Waals surface area contributed by atoms with Crippen LogP contribution in [0.1, 0.15) is 50.5 Å². The Morgan fingerprint density at radius 3 is 2.50 bits per heavy atom. The van der Waals surface area contributed by atoms with Gasteiger partial charge in [-0.05, 0) is 50.9 Å². The quantitative estimate of drug-likeness (QED) is 0.850. The topological polar surface area (TPSA) is 29.5 Å². The van der Waals surface area contributed by atoms with Crippen molar-refractivity contribution in [3.05, 3.63) is 27.2 Å². The lowest BCUT2D eigenvalue weighted by Crippen LogP contribution is -2.14. The van der Waals surface area contributed by atoms with E-state index in [9.17, 15) is 5.11 Å². The number of ether oxygens (including phenoxy) is 1. The zero-order chi connectivity index (χ0) is 13.7. The van der Waals surface area contributed by atoms with Crippen molar-refractivity contribution in [2.75, 3.05) is 7.11 Å². The van der Waals surface area contributed by atoms with Crippen molar-refractivity contribution in [2.24, 2.45) is 5.92 Å². The Morgan fingerprint density at radius 1 is 1.39 bits per heavy atom. The summed E-state index contributed by atoms with van der Waals surface area (Å²) in [5.41, 5.74) is 3.39. The van der Waals surface area contributed by atoms with Crippen LogP contribution < -0.4 is 4.74 Å². The largest absolute Gasteiger partial charge is 0.495 e. The molecule has 0 radical (unpaired) electrons. The first-order valence-electron chi connectivity index (χ1n) is 6.35. The lowest BCUT2D eigenvalue weighted by atomic mass is 9.84. The van der Waals surface area contributed by atoms with Gasteiger partial charge in [0, 0.05) is 5.56 Å².